The number of amides is 2. The number of ether oxygens (including phenoxy) is 1. The molecule has 0 unspecified atom stereocenters. The standard InChI is InChI=1S/C11H12N2O5/c12-9(14)6-18-8-3-1-2-7(4-8)13-10(15)5-11(16)17/h1-4H,5-6H2,(H2,12,14)(H,13,15)(H,16,17). The molecule has 0 bridgehead atoms. The van der Waals surface area contributed by atoms with Gasteiger partial charge in [0.15, 0.2) is 6.61 Å². The fourth-order valence-corrected chi connectivity index (χ4v) is 1.16. The Kier molecular flexibility index (Phi) is 4.67. The first-order valence-corrected chi connectivity index (χ1v) is 5.00. The van der Waals surface area contributed by atoms with Crippen molar-refractivity contribution in [3.05, 3.63) is 24.3 Å². The van der Waals surface area contributed by atoms with Crippen LogP contribution in [0.2, 0.25) is 0 Å². The number of carboxylic acid groups (broad SMARTS) is 1. The smallest absolute Gasteiger partial charge is 0.312 e. The molecule has 0 spiro atoms. The molecule has 0 saturated heterocycles. The summed E-state index contributed by atoms with van der Waals surface area (Å²) in [6, 6.07) is 6.20. The van der Waals surface area contributed by atoms with Gasteiger partial charge in [-0.15, -0.1) is 0 Å². The van der Waals surface area contributed by atoms with Gasteiger partial charge in [0.25, 0.3) is 5.91 Å². The zero-order valence-corrected chi connectivity index (χ0v) is 9.38. The maximum Gasteiger partial charge on any atom is 0.312 e. The summed E-state index contributed by atoms with van der Waals surface area (Å²) in [6.07, 6.45) is -0.619. The molecule has 0 aliphatic heterocycles. The molecule has 2 amide bonds. The van der Waals surface area contributed by atoms with Crippen LogP contribution in [-0.2, 0) is 14.4 Å². The highest BCUT2D eigenvalue weighted by atomic mass is 16.5. The number of primary amides is 1. The largest absolute Gasteiger partial charge is 0.484 e. The number of anilines is 1. The SMILES string of the molecule is NC(=O)COc1cccc(NC(=O)CC(=O)O)c1. The molecular weight excluding hydrogens is 240 g/mol. The summed E-state index contributed by atoms with van der Waals surface area (Å²) >= 11 is 0. The van der Waals surface area contributed by atoms with Crippen molar-refractivity contribution in [2.75, 3.05) is 11.9 Å². The molecule has 0 fully saturated rings. The first kappa shape index (κ1) is 13.5. The average Bonchev–Trinajstić information content (AvgIpc) is 2.25. The summed E-state index contributed by atoms with van der Waals surface area (Å²) in [7, 11) is 0. The first-order chi connectivity index (χ1) is 8.47. The van der Waals surface area contributed by atoms with Gasteiger partial charge >= 0.3 is 5.97 Å². The van der Waals surface area contributed by atoms with E-state index in [1.165, 1.54) is 6.07 Å². The molecule has 0 aliphatic rings. The van der Waals surface area contributed by atoms with E-state index in [1.54, 1.807) is 18.2 Å². The van der Waals surface area contributed by atoms with E-state index in [0.717, 1.165) is 0 Å². The molecule has 0 heterocycles. The number of hydrogen-bond acceptors (Lipinski definition) is 4. The van der Waals surface area contributed by atoms with Crippen LogP contribution in [0.1, 0.15) is 6.42 Å². The van der Waals surface area contributed by atoms with E-state index in [-0.39, 0.29) is 6.61 Å². The number of nitrogens with one attached hydrogen (secondary N) is 1. The number of benzene rings is 1. The van der Waals surface area contributed by atoms with Crippen LogP contribution in [-0.4, -0.2) is 29.5 Å². The number of hydrogen-bond donors (Lipinski definition) is 3. The van der Waals surface area contributed by atoms with Gasteiger partial charge in [-0.3, -0.25) is 14.4 Å². The Labute approximate surface area is 103 Å². The van der Waals surface area contributed by atoms with Gasteiger partial charge in [-0.05, 0) is 12.1 Å². The summed E-state index contributed by atoms with van der Waals surface area (Å²) < 4.78 is 5.03. The van der Waals surface area contributed by atoms with E-state index >= 15 is 0 Å². The Balaban J connectivity index is 2.61. The lowest BCUT2D eigenvalue weighted by Crippen LogP contribution is -2.20. The van der Waals surface area contributed by atoms with Gasteiger partial charge in [0, 0.05) is 11.8 Å². The first-order valence-electron chi connectivity index (χ1n) is 5.00. The highest BCUT2D eigenvalue weighted by Gasteiger charge is 2.08. The van der Waals surface area contributed by atoms with Crippen LogP contribution in [0.5, 0.6) is 5.75 Å². The minimum absolute atomic E-state index is 0.271. The zero-order chi connectivity index (χ0) is 13.5. The number of rotatable bonds is 6. The highest BCUT2D eigenvalue weighted by Crippen LogP contribution is 2.17. The lowest BCUT2D eigenvalue weighted by atomic mass is 10.3. The van der Waals surface area contributed by atoms with Gasteiger partial charge in [-0.2, -0.15) is 0 Å². The second kappa shape index (κ2) is 6.24. The maximum absolute atomic E-state index is 11.2. The van der Waals surface area contributed by atoms with E-state index in [9.17, 15) is 14.4 Å². The molecule has 1 rings (SSSR count). The van der Waals surface area contributed by atoms with Gasteiger partial charge in [0.05, 0.1) is 0 Å². The van der Waals surface area contributed by atoms with E-state index in [0.29, 0.717) is 11.4 Å². The van der Waals surface area contributed by atoms with Crippen molar-refractivity contribution in [1.29, 1.82) is 0 Å². The molecule has 0 atom stereocenters. The van der Waals surface area contributed by atoms with Crippen molar-refractivity contribution in [2.45, 2.75) is 6.42 Å². The Bertz CT molecular complexity index is 472. The Hall–Kier alpha value is -2.57. The fourth-order valence-electron chi connectivity index (χ4n) is 1.16. The highest BCUT2D eigenvalue weighted by molar-refractivity contribution is 6.01. The van der Waals surface area contributed by atoms with Crippen molar-refractivity contribution < 1.29 is 24.2 Å². The molecule has 0 aromatic heterocycles. The number of aliphatic carboxylic acids is 1. The van der Waals surface area contributed by atoms with Crippen LogP contribution in [0.3, 0.4) is 0 Å². The van der Waals surface area contributed by atoms with Gasteiger partial charge in [-0.25, -0.2) is 0 Å². The third-order valence-corrected chi connectivity index (χ3v) is 1.81. The second-order valence-electron chi connectivity index (χ2n) is 3.40. The molecule has 1 aromatic carbocycles. The lowest BCUT2D eigenvalue weighted by Gasteiger charge is -2.07. The number of carbonyl (C=O) groups is 3. The fraction of sp³-hybridized carbons (Fsp3) is 0.182. The number of carboxylic acids is 1. The maximum atomic E-state index is 11.2. The minimum Gasteiger partial charge on any atom is -0.484 e. The van der Waals surface area contributed by atoms with Gasteiger partial charge in [0.1, 0.15) is 12.2 Å². The molecule has 18 heavy (non-hydrogen) atoms. The molecular formula is C11H12N2O5. The van der Waals surface area contributed by atoms with E-state index < -0.39 is 24.2 Å². The van der Waals surface area contributed by atoms with Crippen LogP contribution < -0.4 is 15.8 Å². The second-order valence-corrected chi connectivity index (χ2v) is 3.40. The van der Waals surface area contributed by atoms with E-state index in [4.69, 9.17) is 15.6 Å². The summed E-state index contributed by atoms with van der Waals surface area (Å²) in [5.74, 6) is -2.12. The average molecular weight is 252 g/mol. The third kappa shape index (κ3) is 4.97. The van der Waals surface area contributed by atoms with Crippen LogP contribution in [0.15, 0.2) is 24.3 Å². The Morgan fingerprint density at radius 2 is 2.06 bits per heavy atom. The third-order valence-electron chi connectivity index (χ3n) is 1.81. The molecule has 0 radical (unpaired) electrons. The van der Waals surface area contributed by atoms with Crippen LogP contribution in [0.25, 0.3) is 0 Å². The monoisotopic (exact) mass is 252 g/mol. The van der Waals surface area contributed by atoms with Crippen molar-refractivity contribution in [1.82, 2.24) is 0 Å². The van der Waals surface area contributed by atoms with Crippen LogP contribution >= 0.6 is 0 Å². The van der Waals surface area contributed by atoms with Crippen molar-refractivity contribution in [3.8, 4) is 5.75 Å². The molecule has 1 aromatic rings. The van der Waals surface area contributed by atoms with Crippen LogP contribution in [0.4, 0.5) is 5.69 Å². The predicted molar refractivity (Wildman–Crippen MR) is 62.0 cm³/mol. The summed E-state index contributed by atoms with van der Waals surface area (Å²) in [5.41, 5.74) is 5.29. The van der Waals surface area contributed by atoms with Gasteiger partial charge in [0.2, 0.25) is 5.91 Å². The molecule has 7 heteroatoms. The Morgan fingerprint density at radius 1 is 1.33 bits per heavy atom. The molecule has 0 aliphatic carbocycles. The topological polar surface area (TPSA) is 119 Å². The van der Waals surface area contributed by atoms with Crippen molar-refractivity contribution in [3.63, 3.8) is 0 Å². The van der Waals surface area contributed by atoms with Crippen LogP contribution in [0, 0.1) is 0 Å². The molecule has 4 N–H and O–H groups in total. The summed E-state index contributed by atoms with van der Waals surface area (Å²) in [6.45, 7) is -0.271. The minimum atomic E-state index is -1.21. The quantitative estimate of drug-likeness (QED) is 0.614. The predicted octanol–water partition coefficient (Wildman–Crippen LogP) is -0.0361. The van der Waals surface area contributed by atoms with Crippen molar-refractivity contribution >= 4 is 23.5 Å². The molecule has 0 saturated carbocycles. The molecule has 96 valence electrons. The summed E-state index contributed by atoms with van der Waals surface area (Å²) in [5, 5.41) is 10.8. The zero-order valence-electron chi connectivity index (χ0n) is 9.38. The number of carbonyl (C=O) groups excluding carboxylic acids is 2. The molecule has 7 nitrogen and oxygen atoms in total. The van der Waals surface area contributed by atoms with Gasteiger partial charge in [-0.1, -0.05) is 6.07 Å². The number of nitrogens with two attached hydrogens (primary N) is 1. The normalized spacial score (nSPS) is 9.56. The van der Waals surface area contributed by atoms with Gasteiger partial charge < -0.3 is 20.9 Å². The van der Waals surface area contributed by atoms with Crippen molar-refractivity contribution in [2.24, 2.45) is 5.73 Å². The van der Waals surface area contributed by atoms with E-state index in [1.807, 2.05) is 0 Å². The van der Waals surface area contributed by atoms with E-state index in [2.05, 4.69) is 5.32 Å². The lowest BCUT2D eigenvalue weighted by molar-refractivity contribution is -0.139. The Morgan fingerprint density at radius 3 is 2.67 bits per heavy atom. The summed E-state index contributed by atoms with van der Waals surface area (Å²) in [4.78, 5) is 32.0.